The Labute approximate surface area is 138 Å². The van der Waals surface area contributed by atoms with E-state index >= 15 is 0 Å². The second-order valence-corrected chi connectivity index (χ2v) is 6.76. The van der Waals surface area contributed by atoms with Gasteiger partial charge in [-0.25, -0.2) is 4.39 Å². The van der Waals surface area contributed by atoms with Crippen LogP contribution in [-0.4, -0.2) is 32.7 Å². The van der Waals surface area contributed by atoms with E-state index in [0.717, 1.165) is 25.0 Å². The highest BCUT2D eigenvalue weighted by Gasteiger charge is 2.22. The number of aromatic nitrogens is 3. The average Bonchev–Trinajstić information content (AvgIpc) is 3.20. The Morgan fingerprint density at radius 1 is 1.43 bits per heavy atom. The van der Waals surface area contributed by atoms with Crippen LogP contribution in [0.25, 0.3) is 11.4 Å². The van der Waals surface area contributed by atoms with Gasteiger partial charge in [0.15, 0.2) is 11.0 Å². The Balaban J connectivity index is 1.94. The Morgan fingerprint density at radius 2 is 2.22 bits per heavy atom. The smallest absolute Gasteiger partial charge is 0.192 e. The zero-order chi connectivity index (χ0) is 16.2. The lowest BCUT2D eigenvalue weighted by atomic mass is 10.2. The Morgan fingerprint density at radius 3 is 2.87 bits per heavy atom. The van der Waals surface area contributed by atoms with Crippen LogP contribution in [0.4, 0.5) is 4.39 Å². The molecule has 1 saturated heterocycles. The highest BCUT2D eigenvalue weighted by molar-refractivity contribution is 8.00. The zero-order valence-electron chi connectivity index (χ0n) is 12.8. The van der Waals surface area contributed by atoms with Gasteiger partial charge in [-0.3, -0.25) is 4.57 Å². The van der Waals surface area contributed by atoms with E-state index in [-0.39, 0.29) is 17.2 Å². The average molecular weight is 332 g/mol. The van der Waals surface area contributed by atoms with E-state index in [1.165, 1.54) is 23.9 Å². The topological polar surface area (TPSA) is 63.7 Å². The molecule has 23 heavy (non-hydrogen) atoms. The first kappa shape index (κ1) is 16.0. The van der Waals surface area contributed by atoms with Crippen LogP contribution in [0, 0.1) is 17.1 Å². The molecule has 120 valence electrons. The number of thioether (sulfide) groups is 1. The monoisotopic (exact) mass is 332 g/mol. The van der Waals surface area contributed by atoms with Crippen molar-refractivity contribution in [2.24, 2.45) is 0 Å². The molecule has 0 aliphatic carbocycles. The van der Waals surface area contributed by atoms with Gasteiger partial charge >= 0.3 is 0 Å². The van der Waals surface area contributed by atoms with Crippen LogP contribution < -0.4 is 0 Å². The number of rotatable bonds is 5. The summed E-state index contributed by atoms with van der Waals surface area (Å²) in [4.78, 5) is 0. The van der Waals surface area contributed by atoms with E-state index in [0.29, 0.717) is 17.5 Å². The predicted molar refractivity (Wildman–Crippen MR) is 85.3 cm³/mol. The van der Waals surface area contributed by atoms with Gasteiger partial charge in [0.05, 0.1) is 24.0 Å². The van der Waals surface area contributed by atoms with E-state index in [2.05, 4.69) is 16.3 Å². The first-order valence-electron chi connectivity index (χ1n) is 7.54. The first-order chi connectivity index (χ1) is 11.2. The molecule has 1 aromatic heterocycles. The summed E-state index contributed by atoms with van der Waals surface area (Å²) in [5.41, 5.74) is 0.799. The molecule has 1 aliphatic heterocycles. The van der Waals surface area contributed by atoms with Gasteiger partial charge in [-0.1, -0.05) is 11.8 Å². The van der Waals surface area contributed by atoms with Crippen LogP contribution in [0.2, 0.25) is 0 Å². The molecule has 5 nitrogen and oxygen atoms in total. The third kappa shape index (κ3) is 3.71. The van der Waals surface area contributed by atoms with E-state index in [9.17, 15) is 4.39 Å². The second-order valence-electron chi connectivity index (χ2n) is 5.45. The molecule has 0 bridgehead atoms. The van der Waals surface area contributed by atoms with Crippen molar-refractivity contribution in [2.45, 2.75) is 42.8 Å². The molecule has 7 heteroatoms. The SMILES string of the molecule is C[C@@H](C#N)Sc1nnc(-c2ccc(F)cc2)n1C[C@H]1CCCO1. The van der Waals surface area contributed by atoms with Crippen molar-refractivity contribution in [1.82, 2.24) is 14.8 Å². The summed E-state index contributed by atoms with van der Waals surface area (Å²) >= 11 is 1.37. The lowest BCUT2D eigenvalue weighted by Gasteiger charge is -2.15. The van der Waals surface area contributed by atoms with Crippen molar-refractivity contribution < 1.29 is 9.13 Å². The van der Waals surface area contributed by atoms with Crippen molar-refractivity contribution in [3.8, 4) is 17.5 Å². The lowest BCUT2D eigenvalue weighted by molar-refractivity contribution is 0.0953. The molecule has 2 heterocycles. The number of halogens is 1. The van der Waals surface area contributed by atoms with Gasteiger partial charge in [0.1, 0.15) is 5.82 Å². The molecule has 0 spiro atoms. The normalized spacial score (nSPS) is 18.7. The molecule has 0 amide bonds. The van der Waals surface area contributed by atoms with Crippen molar-refractivity contribution >= 4 is 11.8 Å². The number of ether oxygens (including phenoxy) is 1. The van der Waals surface area contributed by atoms with Crippen LogP contribution in [-0.2, 0) is 11.3 Å². The highest BCUT2D eigenvalue weighted by Crippen LogP contribution is 2.28. The van der Waals surface area contributed by atoms with Gasteiger partial charge in [-0.05, 0) is 44.0 Å². The number of nitriles is 1. The van der Waals surface area contributed by atoms with Crippen molar-refractivity contribution in [3.05, 3.63) is 30.1 Å². The summed E-state index contributed by atoms with van der Waals surface area (Å²) < 4.78 is 20.8. The van der Waals surface area contributed by atoms with Gasteiger partial charge in [0.2, 0.25) is 0 Å². The number of benzene rings is 1. The summed E-state index contributed by atoms with van der Waals surface area (Å²) in [5.74, 6) is 0.389. The first-order valence-corrected chi connectivity index (χ1v) is 8.42. The summed E-state index contributed by atoms with van der Waals surface area (Å²) in [7, 11) is 0. The van der Waals surface area contributed by atoms with Gasteiger partial charge in [0.25, 0.3) is 0 Å². The summed E-state index contributed by atoms with van der Waals surface area (Å²) in [6.07, 6.45) is 2.18. The van der Waals surface area contributed by atoms with Crippen molar-refractivity contribution in [2.75, 3.05) is 6.61 Å². The van der Waals surface area contributed by atoms with E-state index in [1.54, 1.807) is 12.1 Å². The maximum absolute atomic E-state index is 13.2. The van der Waals surface area contributed by atoms with E-state index in [4.69, 9.17) is 10.00 Å². The standard InChI is InChI=1S/C16H17FN4OS/c1-11(9-18)23-16-20-19-15(12-4-6-13(17)7-5-12)21(16)10-14-3-2-8-22-14/h4-7,11,14H,2-3,8,10H2,1H3/t11-,14+/m0/s1. The van der Waals surface area contributed by atoms with Gasteiger partial charge < -0.3 is 4.74 Å². The molecule has 1 aromatic carbocycles. The van der Waals surface area contributed by atoms with Crippen LogP contribution >= 0.6 is 11.8 Å². The maximum atomic E-state index is 13.2. The summed E-state index contributed by atoms with van der Waals surface area (Å²) in [6.45, 7) is 3.24. The molecule has 2 atom stereocenters. The summed E-state index contributed by atoms with van der Waals surface area (Å²) in [5, 5.41) is 18.0. The molecule has 0 radical (unpaired) electrons. The highest BCUT2D eigenvalue weighted by atomic mass is 32.2. The molecular formula is C16H17FN4OS. The zero-order valence-corrected chi connectivity index (χ0v) is 13.6. The fraction of sp³-hybridized carbons (Fsp3) is 0.438. The molecule has 2 aromatic rings. The minimum absolute atomic E-state index is 0.127. The largest absolute Gasteiger partial charge is 0.376 e. The molecule has 0 unspecified atom stereocenters. The molecule has 1 fully saturated rings. The van der Waals surface area contributed by atoms with Gasteiger partial charge in [0, 0.05) is 12.2 Å². The van der Waals surface area contributed by atoms with Gasteiger partial charge in [-0.2, -0.15) is 5.26 Å². The van der Waals surface area contributed by atoms with Crippen LogP contribution in [0.1, 0.15) is 19.8 Å². The minimum atomic E-state index is -0.286. The Kier molecular flexibility index (Phi) is 4.94. The van der Waals surface area contributed by atoms with Crippen molar-refractivity contribution in [3.63, 3.8) is 0 Å². The summed E-state index contributed by atoms with van der Waals surface area (Å²) in [6, 6.07) is 8.38. The quantitative estimate of drug-likeness (QED) is 0.786. The minimum Gasteiger partial charge on any atom is -0.376 e. The second kappa shape index (κ2) is 7.11. The fourth-order valence-corrected chi connectivity index (χ4v) is 3.27. The van der Waals surface area contributed by atoms with E-state index < -0.39 is 0 Å². The van der Waals surface area contributed by atoms with Crippen LogP contribution in [0.5, 0.6) is 0 Å². The molecule has 1 aliphatic rings. The third-order valence-corrected chi connectivity index (χ3v) is 4.67. The van der Waals surface area contributed by atoms with Crippen molar-refractivity contribution in [1.29, 1.82) is 5.26 Å². The Hall–Kier alpha value is -1.91. The Bertz CT molecular complexity index is 704. The molecule has 0 N–H and O–H groups in total. The molecule has 3 rings (SSSR count). The molecular weight excluding hydrogens is 315 g/mol. The maximum Gasteiger partial charge on any atom is 0.192 e. The third-order valence-electron chi connectivity index (χ3n) is 3.69. The fourth-order valence-electron chi connectivity index (χ4n) is 2.53. The van der Waals surface area contributed by atoms with Crippen LogP contribution in [0.3, 0.4) is 0 Å². The number of nitrogens with zero attached hydrogens (tertiary/aromatic N) is 4. The predicted octanol–water partition coefficient (Wildman–Crippen LogP) is 3.27. The van der Waals surface area contributed by atoms with Crippen LogP contribution in [0.15, 0.2) is 29.4 Å². The number of hydrogen-bond donors (Lipinski definition) is 0. The lowest BCUT2D eigenvalue weighted by Crippen LogP contribution is -2.17. The molecule has 0 saturated carbocycles. The number of hydrogen-bond acceptors (Lipinski definition) is 5. The van der Waals surface area contributed by atoms with Gasteiger partial charge in [-0.15, -0.1) is 10.2 Å². The van der Waals surface area contributed by atoms with E-state index in [1.807, 2.05) is 11.5 Å².